The number of nitrogens with zero attached hydrogens (tertiary/aromatic N) is 5. The molecule has 8 nitrogen and oxygen atoms in total. The predicted molar refractivity (Wildman–Crippen MR) is 107 cm³/mol. The van der Waals surface area contributed by atoms with Gasteiger partial charge in [-0.05, 0) is 30.3 Å². The zero-order chi connectivity index (χ0) is 21.3. The summed E-state index contributed by atoms with van der Waals surface area (Å²) in [6.07, 6.45) is 1.53. The van der Waals surface area contributed by atoms with Gasteiger partial charge in [0.15, 0.2) is 0 Å². The van der Waals surface area contributed by atoms with Crippen LogP contribution in [-0.2, 0) is 16.1 Å². The SMILES string of the molecule is COc1ccc(N2CCN(Cc3cn(-c4ccccc4F)nn3)C(=O)C2=O)cc1Cl. The molecular weight excluding hydrogens is 413 g/mol. The van der Waals surface area contributed by atoms with Crippen LogP contribution in [-0.4, -0.2) is 51.9 Å². The summed E-state index contributed by atoms with van der Waals surface area (Å²) in [6.45, 7) is 0.700. The maximum Gasteiger partial charge on any atom is 0.316 e. The van der Waals surface area contributed by atoms with E-state index in [0.717, 1.165) is 0 Å². The molecule has 1 saturated heterocycles. The lowest BCUT2D eigenvalue weighted by atomic mass is 10.2. The number of carbonyl (C=O) groups is 2. The van der Waals surface area contributed by atoms with Crippen LogP contribution in [0, 0.1) is 5.82 Å². The number of carbonyl (C=O) groups excluding carboxylic acids is 2. The van der Waals surface area contributed by atoms with Gasteiger partial charge < -0.3 is 14.5 Å². The van der Waals surface area contributed by atoms with E-state index in [1.165, 1.54) is 33.9 Å². The van der Waals surface area contributed by atoms with E-state index in [4.69, 9.17) is 16.3 Å². The Hall–Kier alpha value is -3.46. The van der Waals surface area contributed by atoms with E-state index < -0.39 is 17.6 Å². The number of amides is 2. The monoisotopic (exact) mass is 429 g/mol. The van der Waals surface area contributed by atoms with E-state index in [2.05, 4.69) is 10.3 Å². The number of hydrogen-bond donors (Lipinski definition) is 0. The van der Waals surface area contributed by atoms with Gasteiger partial charge in [0.05, 0.1) is 24.9 Å². The van der Waals surface area contributed by atoms with Gasteiger partial charge in [-0.3, -0.25) is 9.59 Å². The van der Waals surface area contributed by atoms with Gasteiger partial charge in [-0.1, -0.05) is 28.9 Å². The average Bonchev–Trinajstić information content (AvgIpc) is 3.20. The molecule has 2 heterocycles. The molecule has 1 fully saturated rings. The van der Waals surface area contributed by atoms with E-state index in [9.17, 15) is 14.0 Å². The van der Waals surface area contributed by atoms with Crippen molar-refractivity contribution in [3.05, 3.63) is 65.2 Å². The molecule has 4 rings (SSSR count). The van der Waals surface area contributed by atoms with Crippen LogP contribution in [0.25, 0.3) is 5.69 Å². The summed E-state index contributed by atoms with van der Waals surface area (Å²) >= 11 is 6.13. The Kier molecular flexibility index (Phi) is 5.37. The molecule has 0 saturated carbocycles. The molecule has 0 radical (unpaired) electrons. The predicted octanol–water partition coefficient (Wildman–Crippen LogP) is 2.44. The standard InChI is InChI=1S/C20H17ClFN5O3/c1-30-18-7-6-14(10-15(18)21)26-9-8-25(19(28)20(26)29)11-13-12-27(24-23-13)17-5-3-2-4-16(17)22/h2-7,10,12H,8-9,11H2,1H3. The van der Waals surface area contributed by atoms with E-state index in [1.807, 2.05) is 0 Å². The Morgan fingerprint density at radius 1 is 1.13 bits per heavy atom. The molecule has 2 amide bonds. The minimum atomic E-state index is -0.663. The lowest BCUT2D eigenvalue weighted by molar-refractivity contribution is -0.146. The van der Waals surface area contributed by atoms with Gasteiger partial charge in [-0.15, -0.1) is 5.10 Å². The Labute approximate surface area is 176 Å². The topological polar surface area (TPSA) is 80.6 Å². The molecule has 0 bridgehead atoms. The third-order valence-corrected chi connectivity index (χ3v) is 5.04. The largest absolute Gasteiger partial charge is 0.495 e. The smallest absolute Gasteiger partial charge is 0.316 e. The third-order valence-electron chi connectivity index (χ3n) is 4.75. The maximum atomic E-state index is 13.9. The summed E-state index contributed by atoms with van der Waals surface area (Å²) in [6, 6.07) is 11.1. The molecule has 1 aliphatic heterocycles. The van der Waals surface area contributed by atoms with E-state index in [-0.39, 0.29) is 12.2 Å². The number of para-hydroxylation sites is 1. The van der Waals surface area contributed by atoms with Crippen molar-refractivity contribution in [3.8, 4) is 11.4 Å². The van der Waals surface area contributed by atoms with Gasteiger partial charge in [0.1, 0.15) is 22.9 Å². The molecular formula is C20H17ClFN5O3. The highest BCUT2D eigenvalue weighted by atomic mass is 35.5. The quantitative estimate of drug-likeness (QED) is 0.582. The highest BCUT2D eigenvalue weighted by molar-refractivity contribution is 6.41. The van der Waals surface area contributed by atoms with E-state index >= 15 is 0 Å². The Morgan fingerprint density at radius 2 is 1.93 bits per heavy atom. The molecule has 1 aromatic heterocycles. The number of anilines is 1. The van der Waals surface area contributed by atoms with Crippen LogP contribution in [0.3, 0.4) is 0 Å². The summed E-state index contributed by atoms with van der Waals surface area (Å²) < 4.78 is 20.3. The van der Waals surface area contributed by atoms with Gasteiger partial charge >= 0.3 is 11.8 Å². The zero-order valence-corrected chi connectivity index (χ0v) is 16.7. The number of aromatic nitrogens is 3. The van der Waals surface area contributed by atoms with Crippen LogP contribution >= 0.6 is 11.6 Å². The Balaban J connectivity index is 1.47. The lowest BCUT2D eigenvalue weighted by Crippen LogP contribution is -2.54. The molecule has 0 N–H and O–H groups in total. The van der Waals surface area contributed by atoms with Gasteiger partial charge in [0, 0.05) is 18.8 Å². The fourth-order valence-electron chi connectivity index (χ4n) is 3.22. The minimum absolute atomic E-state index is 0.0935. The number of benzene rings is 2. The summed E-state index contributed by atoms with van der Waals surface area (Å²) in [5.41, 5.74) is 1.21. The number of methoxy groups -OCH3 is 1. The summed E-state index contributed by atoms with van der Waals surface area (Å²) in [7, 11) is 1.50. The minimum Gasteiger partial charge on any atom is -0.495 e. The van der Waals surface area contributed by atoms with Crippen LogP contribution in [0.5, 0.6) is 5.75 Å². The highest BCUT2D eigenvalue weighted by Crippen LogP contribution is 2.30. The van der Waals surface area contributed by atoms with Crippen LogP contribution < -0.4 is 9.64 Å². The maximum absolute atomic E-state index is 13.9. The zero-order valence-electron chi connectivity index (χ0n) is 16.0. The molecule has 3 aromatic rings. The third kappa shape index (κ3) is 3.71. The Morgan fingerprint density at radius 3 is 2.67 bits per heavy atom. The van der Waals surface area contributed by atoms with Crippen LogP contribution in [0.15, 0.2) is 48.7 Å². The van der Waals surface area contributed by atoms with Gasteiger partial charge in [0.25, 0.3) is 0 Å². The van der Waals surface area contributed by atoms with Gasteiger partial charge in [-0.25, -0.2) is 9.07 Å². The molecule has 30 heavy (non-hydrogen) atoms. The molecule has 1 aliphatic rings. The first-order chi connectivity index (χ1) is 14.5. The van der Waals surface area contributed by atoms with Crippen molar-refractivity contribution in [2.24, 2.45) is 0 Å². The summed E-state index contributed by atoms with van der Waals surface area (Å²) in [4.78, 5) is 28.0. The first kappa shape index (κ1) is 19.8. The summed E-state index contributed by atoms with van der Waals surface area (Å²) in [5.74, 6) is -1.28. The van der Waals surface area contributed by atoms with Crippen molar-refractivity contribution in [1.29, 1.82) is 0 Å². The first-order valence-electron chi connectivity index (χ1n) is 9.08. The van der Waals surface area contributed by atoms with Crippen molar-refractivity contribution in [2.45, 2.75) is 6.54 Å². The lowest BCUT2D eigenvalue weighted by Gasteiger charge is -2.33. The molecule has 2 aromatic carbocycles. The van der Waals surface area contributed by atoms with Crippen LogP contribution in [0.2, 0.25) is 5.02 Å². The second-order valence-corrected chi connectivity index (χ2v) is 7.02. The molecule has 154 valence electrons. The van der Waals surface area contributed by atoms with E-state index in [0.29, 0.717) is 35.2 Å². The number of hydrogen-bond acceptors (Lipinski definition) is 5. The molecule has 0 atom stereocenters. The van der Waals surface area contributed by atoms with E-state index in [1.54, 1.807) is 36.4 Å². The van der Waals surface area contributed by atoms with Crippen molar-refractivity contribution < 1.29 is 18.7 Å². The second kappa shape index (κ2) is 8.11. The normalized spacial score (nSPS) is 14.4. The van der Waals surface area contributed by atoms with Gasteiger partial charge in [-0.2, -0.15) is 0 Å². The van der Waals surface area contributed by atoms with Gasteiger partial charge in [0.2, 0.25) is 0 Å². The second-order valence-electron chi connectivity index (χ2n) is 6.61. The number of rotatable bonds is 5. The molecule has 0 spiro atoms. The fourth-order valence-corrected chi connectivity index (χ4v) is 3.47. The fraction of sp³-hybridized carbons (Fsp3) is 0.200. The van der Waals surface area contributed by atoms with Crippen molar-refractivity contribution in [1.82, 2.24) is 19.9 Å². The first-order valence-corrected chi connectivity index (χ1v) is 9.46. The number of halogens is 2. The van der Waals surface area contributed by atoms with Crippen LogP contribution in [0.1, 0.15) is 5.69 Å². The molecule has 0 unspecified atom stereocenters. The number of piperazine rings is 1. The summed E-state index contributed by atoms with van der Waals surface area (Å²) in [5, 5.41) is 8.25. The Bertz CT molecular complexity index is 1120. The average molecular weight is 430 g/mol. The molecule has 0 aliphatic carbocycles. The molecule has 10 heteroatoms. The van der Waals surface area contributed by atoms with Crippen molar-refractivity contribution in [3.63, 3.8) is 0 Å². The highest BCUT2D eigenvalue weighted by Gasteiger charge is 2.34. The number of ether oxygens (including phenoxy) is 1. The van der Waals surface area contributed by atoms with Crippen molar-refractivity contribution >= 4 is 29.1 Å². The van der Waals surface area contributed by atoms with Crippen molar-refractivity contribution in [2.75, 3.05) is 25.1 Å². The van der Waals surface area contributed by atoms with Crippen LogP contribution in [0.4, 0.5) is 10.1 Å².